The number of nitrogens with zero attached hydrogens (tertiary/aromatic N) is 1. The standard InChI is InChI=1S/C22H34N2O3/c1-21(26-2,19-9-5-3-6-10-19)20(25)23-17-22(11-7-4-8-12-22)18-24-13-15-27-16-14-24/h3,5-6,9-10H,4,7-8,11-18H2,1-2H3,(H,23,25)/t21-/m0/s1. The third kappa shape index (κ3) is 4.89. The highest BCUT2D eigenvalue weighted by atomic mass is 16.5. The lowest BCUT2D eigenvalue weighted by atomic mass is 9.73. The Kier molecular flexibility index (Phi) is 6.90. The average Bonchev–Trinajstić information content (AvgIpc) is 2.73. The summed E-state index contributed by atoms with van der Waals surface area (Å²) in [4.78, 5) is 15.6. The van der Waals surface area contributed by atoms with Gasteiger partial charge in [-0.05, 0) is 25.3 Å². The third-order valence-corrected chi connectivity index (χ3v) is 6.37. The molecule has 1 saturated carbocycles. The summed E-state index contributed by atoms with van der Waals surface area (Å²) in [6, 6.07) is 9.75. The Hall–Kier alpha value is -1.43. The van der Waals surface area contributed by atoms with E-state index in [1.54, 1.807) is 7.11 Å². The van der Waals surface area contributed by atoms with Crippen LogP contribution in [-0.4, -0.2) is 57.3 Å². The van der Waals surface area contributed by atoms with Crippen LogP contribution >= 0.6 is 0 Å². The highest BCUT2D eigenvalue weighted by Gasteiger charge is 2.39. The van der Waals surface area contributed by atoms with E-state index in [-0.39, 0.29) is 11.3 Å². The number of benzene rings is 1. The van der Waals surface area contributed by atoms with E-state index >= 15 is 0 Å². The van der Waals surface area contributed by atoms with Gasteiger partial charge in [-0.2, -0.15) is 0 Å². The summed E-state index contributed by atoms with van der Waals surface area (Å²) >= 11 is 0. The summed E-state index contributed by atoms with van der Waals surface area (Å²) in [6.45, 7) is 7.25. The van der Waals surface area contributed by atoms with Crippen LogP contribution in [0.15, 0.2) is 30.3 Å². The molecular formula is C22H34N2O3. The molecule has 1 N–H and O–H groups in total. The third-order valence-electron chi connectivity index (χ3n) is 6.37. The Morgan fingerprint density at radius 1 is 1.19 bits per heavy atom. The number of hydrogen-bond donors (Lipinski definition) is 1. The molecule has 3 rings (SSSR count). The molecule has 1 aliphatic carbocycles. The zero-order valence-electron chi connectivity index (χ0n) is 16.8. The Morgan fingerprint density at radius 2 is 1.85 bits per heavy atom. The number of methoxy groups -OCH3 is 1. The minimum Gasteiger partial charge on any atom is -0.379 e. The van der Waals surface area contributed by atoms with Gasteiger partial charge in [0.1, 0.15) is 0 Å². The van der Waals surface area contributed by atoms with Crippen molar-refractivity contribution in [3.8, 4) is 0 Å². The predicted molar refractivity (Wildman–Crippen MR) is 107 cm³/mol. The number of morpholine rings is 1. The molecular weight excluding hydrogens is 340 g/mol. The zero-order valence-corrected chi connectivity index (χ0v) is 16.8. The highest BCUT2D eigenvalue weighted by molar-refractivity contribution is 5.86. The molecule has 2 aliphatic rings. The molecule has 1 atom stereocenters. The fraction of sp³-hybridized carbons (Fsp3) is 0.682. The van der Waals surface area contributed by atoms with E-state index in [4.69, 9.17) is 9.47 Å². The van der Waals surface area contributed by atoms with Crippen molar-refractivity contribution in [3.63, 3.8) is 0 Å². The normalized spacial score (nSPS) is 22.7. The molecule has 5 nitrogen and oxygen atoms in total. The van der Waals surface area contributed by atoms with E-state index in [0.717, 1.165) is 45.0 Å². The zero-order chi connectivity index (χ0) is 19.2. The van der Waals surface area contributed by atoms with Crippen molar-refractivity contribution in [2.45, 2.75) is 44.6 Å². The number of carbonyl (C=O) groups excluding carboxylic acids is 1. The second kappa shape index (κ2) is 9.18. The lowest BCUT2D eigenvalue weighted by Gasteiger charge is -2.43. The lowest BCUT2D eigenvalue weighted by Crippen LogP contribution is -2.52. The van der Waals surface area contributed by atoms with Crippen LogP contribution in [0.3, 0.4) is 0 Å². The topological polar surface area (TPSA) is 50.8 Å². The SMILES string of the molecule is CO[C@](C)(C(=O)NCC1(CN2CCOCC2)CCCCC1)c1ccccc1. The van der Waals surface area contributed by atoms with Crippen molar-refractivity contribution < 1.29 is 14.3 Å². The van der Waals surface area contributed by atoms with Crippen LogP contribution in [0.25, 0.3) is 0 Å². The Morgan fingerprint density at radius 3 is 2.48 bits per heavy atom. The molecule has 1 amide bonds. The van der Waals surface area contributed by atoms with Gasteiger partial charge in [0.2, 0.25) is 0 Å². The number of carbonyl (C=O) groups is 1. The van der Waals surface area contributed by atoms with Gasteiger partial charge in [-0.1, -0.05) is 49.6 Å². The summed E-state index contributed by atoms with van der Waals surface area (Å²) in [7, 11) is 1.61. The minimum absolute atomic E-state index is 0.0527. The number of rotatable bonds is 7. The average molecular weight is 375 g/mol. The van der Waals surface area contributed by atoms with Crippen molar-refractivity contribution in [2.24, 2.45) is 5.41 Å². The van der Waals surface area contributed by atoms with Gasteiger partial charge in [0.15, 0.2) is 5.60 Å². The molecule has 0 unspecified atom stereocenters. The lowest BCUT2D eigenvalue weighted by molar-refractivity contribution is -0.143. The molecule has 0 bridgehead atoms. The summed E-state index contributed by atoms with van der Waals surface area (Å²) in [5.41, 5.74) is 0.0861. The van der Waals surface area contributed by atoms with Crippen LogP contribution in [-0.2, 0) is 19.9 Å². The van der Waals surface area contributed by atoms with Crippen molar-refractivity contribution in [1.82, 2.24) is 10.2 Å². The Balaban J connectivity index is 1.67. The van der Waals surface area contributed by atoms with Gasteiger partial charge in [-0.15, -0.1) is 0 Å². The monoisotopic (exact) mass is 374 g/mol. The molecule has 27 heavy (non-hydrogen) atoms. The van der Waals surface area contributed by atoms with Crippen LogP contribution in [0.4, 0.5) is 0 Å². The minimum atomic E-state index is -0.962. The maximum absolute atomic E-state index is 13.1. The largest absolute Gasteiger partial charge is 0.379 e. The quantitative estimate of drug-likeness (QED) is 0.797. The highest BCUT2D eigenvalue weighted by Crippen LogP contribution is 2.37. The van der Waals surface area contributed by atoms with Crippen LogP contribution in [0, 0.1) is 5.41 Å². The first-order chi connectivity index (χ1) is 13.1. The maximum Gasteiger partial charge on any atom is 0.256 e. The molecule has 2 fully saturated rings. The summed E-state index contributed by atoms with van der Waals surface area (Å²) in [5.74, 6) is -0.0527. The van der Waals surface area contributed by atoms with Crippen molar-refractivity contribution in [3.05, 3.63) is 35.9 Å². The molecule has 5 heteroatoms. The van der Waals surface area contributed by atoms with Gasteiger partial charge in [0.25, 0.3) is 5.91 Å². The molecule has 1 heterocycles. The maximum atomic E-state index is 13.1. The molecule has 1 aliphatic heterocycles. The van der Waals surface area contributed by atoms with Crippen LogP contribution in [0.5, 0.6) is 0 Å². The van der Waals surface area contributed by atoms with Crippen molar-refractivity contribution in [2.75, 3.05) is 46.5 Å². The second-order valence-electron chi connectivity index (χ2n) is 8.24. The Labute approximate surface area is 163 Å². The first-order valence-electron chi connectivity index (χ1n) is 10.3. The number of nitrogens with one attached hydrogen (secondary N) is 1. The second-order valence-corrected chi connectivity index (χ2v) is 8.24. The van der Waals surface area contributed by atoms with Gasteiger partial charge in [-0.3, -0.25) is 9.69 Å². The van der Waals surface area contributed by atoms with Crippen molar-refractivity contribution in [1.29, 1.82) is 0 Å². The van der Waals surface area contributed by atoms with Gasteiger partial charge < -0.3 is 14.8 Å². The van der Waals surface area contributed by atoms with Gasteiger partial charge in [-0.25, -0.2) is 0 Å². The van der Waals surface area contributed by atoms with Crippen molar-refractivity contribution >= 4 is 5.91 Å². The summed E-state index contributed by atoms with van der Waals surface area (Å²) in [6.07, 6.45) is 6.17. The fourth-order valence-electron chi connectivity index (χ4n) is 4.46. The molecule has 0 spiro atoms. The van der Waals surface area contributed by atoms with E-state index in [1.165, 1.54) is 32.1 Å². The first-order valence-corrected chi connectivity index (χ1v) is 10.3. The summed E-state index contributed by atoms with van der Waals surface area (Å²) < 4.78 is 11.2. The fourth-order valence-corrected chi connectivity index (χ4v) is 4.46. The molecule has 0 radical (unpaired) electrons. The smallest absolute Gasteiger partial charge is 0.256 e. The molecule has 1 aromatic rings. The van der Waals surface area contributed by atoms with Gasteiger partial charge in [0.05, 0.1) is 13.2 Å². The molecule has 0 aromatic heterocycles. The molecule has 1 saturated heterocycles. The first kappa shape index (κ1) is 20.3. The van der Waals surface area contributed by atoms with Gasteiger partial charge in [0, 0.05) is 38.7 Å². The van der Waals surface area contributed by atoms with Crippen LogP contribution in [0.1, 0.15) is 44.6 Å². The Bertz CT molecular complexity index is 595. The predicted octanol–water partition coefficient (Wildman–Crippen LogP) is 2.95. The van der Waals surface area contributed by atoms with E-state index < -0.39 is 5.60 Å². The van der Waals surface area contributed by atoms with Gasteiger partial charge >= 0.3 is 0 Å². The van der Waals surface area contributed by atoms with E-state index in [0.29, 0.717) is 0 Å². The van der Waals surface area contributed by atoms with E-state index in [2.05, 4.69) is 10.2 Å². The molecule has 150 valence electrons. The van der Waals surface area contributed by atoms with E-state index in [9.17, 15) is 4.79 Å². The number of hydrogen-bond acceptors (Lipinski definition) is 4. The van der Waals surface area contributed by atoms with E-state index in [1.807, 2.05) is 37.3 Å². The number of ether oxygens (including phenoxy) is 2. The van der Waals surface area contributed by atoms with Crippen LogP contribution < -0.4 is 5.32 Å². The van der Waals surface area contributed by atoms with Crippen LogP contribution in [0.2, 0.25) is 0 Å². The number of amides is 1. The summed E-state index contributed by atoms with van der Waals surface area (Å²) in [5, 5.41) is 3.25. The molecule has 1 aromatic carbocycles.